The van der Waals surface area contributed by atoms with Crippen molar-refractivity contribution in [3.05, 3.63) is 87.5 Å². The molecule has 0 aliphatic carbocycles. The molecule has 1 amide bonds. The van der Waals surface area contributed by atoms with E-state index in [1.54, 1.807) is 35.2 Å². The number of non-ortho nitro benzene ring substituents is 1. The van der Waals surface area contributed by atoms with Gasteiger partial charge in [-0.05, 0) is 55.1 Å². The number of carbonyl (C=O) groups is 1. The number of nitro benzene ring substituents is 1. The fourth-order valence-electron chi connectivity index (χ4n) is 3.16. The molecule has 2 aromatic carbocycles. The van der Waals surface area contributed by atoms with Gasteiger partial charge in [0, 0.05) is 30.4 Å². The predicted octanol–water partition coefficient (Wildman–Crippen LogP) is 5.50. The van der Waals surface area contributed by atoms with Crippen LogP contribution in [0, 0.1) is 10.1 Å². The van der Waals surface area contributed by atoms with E-state index in [0.717, 1.165) is 5.69 Å². The molecule has 33 heavy (non-hydrogen) atoms. The molecular formula is C24H21N3O5S. The number of furan rings is 1. The molecule has 0 unspecified atom stereocenters. The Morgan fingerprint density at radius 1 is 1.12 bits per heavy atom. The van der Waals surface area contributed by atoms with Crippen LogP contribution in [-0.4, -0.2) is 40.7 Å². The molecular weight excluding hydrogens is 442 g/mol. The van der Waals surface area contributed by atoms with Crippen molar-refractivity contribution in [2.24, 2.45) is 4.99 Å². The summed E-state index contributed by atoms with van der Waals surface area (Å²) in [5, 5.41) is 11.4. The zero-order valence-corrected chi connectivity index (χ0v) is 18.7. The first-order valence-corrected chi connectivity index (χ1v) is 11.1. The van der Waals surface area contributed by atoms with Gasteiger partial charge in [-0.3, -0.25) is 19.8 Å². The van der Waals surface area contributed by atoms with Crippen molar-refractivity contribution >= 4 is 40.3 Å². The number of rotatable bonds is 8. The standard InChI is InChI=1S/C24H21N3O5S/c1-2-31-15-14-26-23(28)22(33-24(26)25-18-6-4-3-5-7-18)16-20-12-13-21(32-20)17-8-10-19(11-9-17)27(29)30/h3-13,16H,2,14-15H2,1H3/b22-16+,25-24?. The van der Waals surface area contributed by atoms with Crippen LogP contribution in [0.1, 0.15) is 12.7 Å². The van der Waals surface area contributed by atoms with Crippen molar-refractivity contribution in [1.82, 2.24) is 4.90 Å². The van der Waals surface area contributed by atoms with E-state index in [1.165, 1.54) is 23.9 Å². The molecule has 1 fully saturated rings. The number of nitro groups is 1. The summed E-state index contributed by atoms with van der Waals surface area (Å²) in [6, 6.07) is 19.1. The van der Waals surface area contributed by atoms with Crippen molar-refractivity contribution in [3.8, 4) is 11.3 Å². The van der Waals surface area contributed by atoms with Crippen LogP contribution in [0.4, 0.5) is 11.4 Å². The third-order valence-electron chi connectivity index (χ3n) is 4.80. The summed E-state index contributed by atoms with van der Waals surface area (Å²) in [6.45, 7) is 3.29. The number of amidine groups is 1. The summed E-state index contributed by atoms with van der Waals surface area (Å²) in [6.07, 6.45) is 1.68. The number of aliphatic imine (C=N–C) groups is 1. The van der Waals surface area contributed by atoms with E-state index in [2.05, 4.69) is 4.99 Å². The molecule has 1 aliphatic heterocycles. The van der Waals surface area contributed by atoms with E-state index < -0.39 is 4.92 Å². The van der Waals surface area contributed by atoms with Gasteiger partial charge in [-0.2, -0.15) is 0 Å². The van der Waals surface area contributed by atoms with Crippen molar-refractivity contribution in [2.45, 2.75) is 6.92 Å². The summed E-state index contributed by atoms with van der Waals surface area (Å²) >= 11 is 1.28. The molecule has 3 aromatic rings. The van der Waals surface area contributed by atoms with E-state index in [-0.39, 0.29) is 11.6 Å². The second kappa shape index (κ2) is 10.3. The number of amides is 1. The van der Waals surface area contributed by atoms with Crippen LogP contribution in [0.15, 0.2) is 81.0 Å². The molecule has 1 aromatic heterocycles. The number of thioether (sulfide) groups is 1. The van der Waals surface area contributed by atoms with Crippen LogP contribution in [0.25, 0.3) is 17.4 Å². The van der Waals surface area contributed by atoms with Crippen molar-refractivity contribution in [2.75, 3.05) is 19.8 Å². The number of para-hydroxylation sites is 1. The Labute approximate surface area is 194 Å². The minimum atomic E-state index is -0.448. The maximum atomic E-state index is 13.1. The minimum Gasteiger partial charge on any atom is -0.457 e. The summed E-state index contributed by atoms with van der Waals surface area (Å²) < 4.78 is 11.3. The van der Waals surface area contributed by atoms with Crippen molar-refractivity contribution < 1.29 is 18.9 Å². The van der Waals surface area contributed by atoms with E-state index in [9.17, 15) is 14.9 Å². The van der Waals surface area contributed by atoms with Crippen LogP contribution in [0.3, 0.4) is 0 Å². The lowest BCUT2D eigenvalue weighted by molar-refractivity contribution is -0.384. The Kier molecular flexibility index (Phi) is 7.01. The molecule has 1 aliphatic rings. The number of carbonyl (C=O) groups excluding carboxylic acids is 1. The smallest absolute Gasteiger partial charge is 0.269 e. The van der Waals surface area contributed by atoms with Crippen molar-refractivity contribution in [3.63, 3.8) is 0 Å². The van der Waals surface area contributed by atoms with Gasteiger partial charge in [-0.15, -0.1) is 0 Å². The van der Waals surface area contributed by atoms with E-state index >= 15 is 0 Å². The maximum Gasteiger partial charge on any atom is 0.269 e. The van der Waals surface area contributed by atoms with Gasteiger partial charge < -0.3 is 9.15 Å². The zero-order valence-electron chi connectivity index (χ0n) is 17.8. The first kappa shape index (κ1) is 22.5. The largest absolute Gasteiger partial charge is 0.457 e. The van der Waals surface area contributed by atoms with Gasteiger partial charge in [0.05, 0.1) is 28.7 Å². The van der Waals surface area contributed by atoms with Crippen LogP contribution in [0.2, 0.25) is 0 Å². The molecule has 168 valence electrons. The lowest BCUT2D eigenvalue weighted by Gasteiger charge is -2.15. The van der Waals surface area contributed by atoms with Gasteiger partial charge in [0.2, 0.25) is 0 Å². The third kappa shape index (κ3) is 5.39. The molecule has 1 saturated heterocycles. The average Bonchev–Trinajstić information content (AvgIpc) is 3.40. The first-order valence-electron chi connectivity index (χ1n) is 10.3. The number of benzene rings is 2. The zero-order chi connectivity index (χ0) is 23.2. The lowest BCUT2D eigenvalue weighted by atomic mass is 10.1. The topological polar surface area (TPSA) is 98.2 Å². The molecule has 4 rings (SSSR count). The molecule has 8 nitrogen and oxygen atoms in total. The quantitative estimate of drug-likeness (QED) is 0.189. The molecule has 2 heterocycles. The highest BCUT2D eigenvalue weighted by molar-refractivity contribution is 8.18. The Balaban J connectivity index is 1.57. The van der Waals surface area contributed by atoms with E-state index in [0.29, 0.717) is 46.9 Å². The van der Waals surface area contributed by atoms with Gasteiger partial charge in [0.1, 0.15) is 11.5 Å². The summed E-state index contributed by atoms with van der Waals surface area (Å²) in [7, 11) is 0. The number of ether oxygens (including phenoxy) is 1. The Morgan fingerprint density at radius 3 is 2.58 bits per heavy atom. The summed E-state index contributed by atoms with van der Waals surface area (Å²) in [5.41, 5.74) is 1.48. The first-order chi connectivity index (χ1) is 16.0. The highest BCUT2D eigenvalue weighted by atomic mass is 32.2. The van der Waals surface area contributed by atoms with E-state index in [4.69, 9.17) is 9.15 Å². The van der Waals surface area contributed by atoms with Gasteiger partial charge >= 0.3 is 0 Å². The fourth-order valence-corrected chi connectivity index (χ4v) is 4.17. The van der Waals surface area contributed by atoms with Crippen molar-refractivity contribution in [1.29, 1.82) is 0 Å². The van der Waals surface area contributed by atoms with Gasteiger partial charge in [0.15, 0.2) is 5.17 Å². The van der Waals surface area contributed by atoms with Gasteiger partial charge in [0.25, 0.3) is 11.6 Å². The van der Waals surface area contributed by atoms with E-state index in [1.807, 2.05) is 37.3 Å². The monoisotopic (exact) mass is 463 g/mol. The molecule has 9 heteroatoms. The molecule has 0 N–H and O–H groups in total. The molecule has 0 bridgehead atoms. The lowest BCUT2D eigenvalue weighted by Crippen LogP contribution is -2.32. The molecule has 0 saturated carbocycles. The SMILES string of the molecule is CCOCCN1C(=O)/C(=C\c2ccc(-c3ccc([N+](=O)[O-])cc3)o2)SC1=Nc1ccccc1. The van der Waals surface area contributed by atoms with Gasteiger partial charge in [-0.25, -0.2) is 4.99 Å². The van der Waals surface area contributed by atoms with Crippen LogP contribution in [-0.2, 0) is 9.53 Å². The fraction of sp³-hybridized carbons (Fsp3) is 0.167. The number of hydrogen-bond donors (Lipinski definition) is 0. The van der Waals surface area contributed by atoms with Crippen LogP contribution < -0.4 is 0 Å². The second-order valence-electron chi connectivity index (χ2n) is 7.00. The van der Waals surface area contributed by atoms with Gasteiger partial charge in [-0.1, -0.05) is 18.2 Å². The normalized spacial score (nSPS) is 16.2. The Bertz CT molecular complexity index is 1200. The summed E-state index contributed by atoms with van der Waals surface area (Å²) in [4.78, 5) is 30.2. The molecule has 0 radical (unpaired) electrons. The average molecular weight is 464 g/mol. The highest BCUT2D eigenvalue weighted by Crippen LogP contribution is 2.35. The number of nitrogens with zero attached hydrogens (tertiary/aromatic N) is 3. The maximum absolute atomic E-state index is 13.1. The molecule has 0 spiro atoms. The van der Waals surface area contributed by atoms with Crippen LogP contribution >= 0.6 is 11.8 Å². The van der Waals surface area contributed by atoms with Crippen LogP contribution in [0.5, 0.6) is 0 Å². The Hall–Kier alpha value is -3.69. The Morgan fingerprint density at radius 2 is 1.88 bits per heavy atom. The second-order valence-corrected chi connectivity index (χ2v) is 8.01. The predicted molar refractivity (Wildman–Crippen MR) is 128 cm³/mol. The molecule has 0 atom stereocenters. The summed E-state index contributed by atoms with van der Waals surface area (Å²) in [5.74, 6) is 0.895. The number of hydrogen-bond acceptors (Lipinski definition) is 7. The highest BCUT2D eigenvalue weighted by Gasteiger charge is 2.33. The minimum absolute atomic E-state index is 0.0120. The third-order valence-corrected chi connectivity index (χ3v) is 5.80.